The second-order valence-corrected chi connectivity index (χ2v) is 8.90. The minimum atomic E-state index is -3.86. The molecule has 1 aliphatic rings. The average molecular weight is 404 g/mol. The van der Waals surface area contributed by atoms with Gasteiger partial charge in [-0.15, -0.1) is 0 Å². The third-order valence-corrected chi connectivity index (χ3v) is 6.34. The van der Waals surface area contributed by atoms with Gasteiger partial charge in [-0.3, -0.25) is 0 Å². The highest BCUT2D eigenvalue weighted by atomic mass is 35.5. The van der Waals surface area contributed by atoms with Crippen molar-refractivity contribution >= 4 is 33.2 Å². The predicted octanol–water partition coefficient (Wildman–Crippen LogP) is 4.21. The van der Waals surface area contributed by atoms with E-state index in [1.54, 1.807) is 6.92 Å². The molecule has 1 fully saturated rings. The van der Waals surface area contributed by atoms with Gasteiger partial charge >= 0.3 is 0 Å². The first kappa shape index (κ1) is 18.6. The summed E-state index contributed by atoms with van der Waals surface area (Å²) >= 11 is 11.9. The molecule has 1 saturated carbocycles. The van der Waals surface area contributed by atoms with Crippen molar-refractivity contribution in [3.05, 3.63) is 40.0 Å². The fourth-order valence-electron chi connectivity index (χ4n) is 3.20. The molecule has 0 aliphatic heterocycles. The first-order valence-corrected chi connectivity index (χ1v) is 10.4. The molecule has 3 rings (SSSR count). The number of nitrogens with one attached hydrogen (secondary N) is 1. The number of benzene rings is 1. The zero-order chi connectivity index (χ0) is 18.1. The molecule has 1 N–H and O–H groups in total. The Kier molecular flexibility index (Phi) is 5.39. The van der Waals surface area contributed by atoms with Crippen molar-refractivity contribution in [1.29, 1.82) is 0 Å². The standard InChI is InChI=1S/C16H19Cl2N3O3S/c1-11-19-15(20-24-11)16(6-4-2-3-5-7-16)21-25(22,23)14-9-12(17)8-13(18)10-14/h8-10,21H,2-7H2,1H3. The van der Waals surface area contributed by atoms with E-state index in [4.69, 9.17) is 27.7 Å². The average Bonchev–Trinajstić information content (AvgIpc) is 2.83. The molecule has 0 spiro atoms. The molecular weight excluding hydrogens is 385 g/mol. The van der Waals surface area contributed by atoms with Gasteiger partial charge in [0.15, 0.2) is 5.82 Å². The van der Waals surface area contributed by atoms with Crippen LogP contribution in [0.1, 0.15) is 50.2 Å². The molecule has 25 heavy (non-hydrogen) atoms. The minimum absolute atomic E-state index is 0.0221. The molecule has 0 atom stereocenters. The molecule has 1 aliphatic carbocycles. The summed E-state index contributed by atoms with van der Waals surface area (Å²) in [6.07, 6.45) is 5.07. The highest BCUT2D eigenvalue weighted by Gasteiger charge is 2.41. The number of aryl methyl sites for hydroxylation is 1. The molecule has 1 aromatic carbocycles. The molecule has 6 nitrogen and oxygen atoms in total. The first-order chi connectivity index (χ1) is 11.8. The van der Waals surface area contributed by atoms with E-state index in [-0.39, 0.29) is 14.9 Å². The van der Waals surface area contributed by atoms with Crippen LogP contribution in [0.25, 0.3) is 0 Å². The van der Waals surface area contributed by atoms with Crippen molar-refractivity contribution in [1.82, 2.24) is 14.9 Å². The van der Waals surface area contributed by atoms with Gasteiger partial charge in [-0.1, -0.05) is 54.0 Å². The molecular formula is C16H19Cl2N3O3S. The summed E-state index contributed by atoms with van der Waals surface area (Å²) in [5.74, 6) is 0.784. The summed E-state index contributed by atoms with van der Waals surface area (Å²) in [6.45, 7) is 1.69. The van der Waals surface area contributed by atoms with E-state index >= 15 is 0 Å². The number of sulfonamides is 1. The van der Waals surface area contributed by atoms with Crippen LogP contribution in [-0.4, -0.2) is 18.6 Å². The topological polar surface area (TPSA) is 85.1 Å². The minimum Gasteiger partial charge on any atom is -0.340 e. The number of halogens is 2. The SMILES string of the molecule is Cc1nc(C2(NS(=O)(=O)c3cc(Cl)cc(Cl)c3)CCCCCC2)no1. The van der Waals surface area contributed by atoms with Crippen molar-refractivity contribution in [2.75, 3.05) is 0 Å². The summed E-state index contributed by atoms with van der Waals surface area (Å²) < 4.78 is 33.9. The Morgan fingerprint density at radius 3 is 2.20 bits per heavy atom. The molecule has 0 bridgehead atoms. The van der Waals surface area contributed by atoms with Crippen LogP contribution in [0.3, 0.4) is 0 Å². The van der Waals surface area contributed by atoms with Gasteiger partial charge in [-0.2, -0.15) is 9.71 Å². The Hall–Kier alpha value is -1.15. The van der Waals surface area contributed by atoms with Gasteiger partial charge in [-0.25, -0.2) is 8.42 Å². The summed E-state index contributed by atoms with van der Waals surface area (Å²) in [5.41, 5.74) is -0.887. The van der Waals surface area contributed by atoms with Crippen LogP contribution in [-0.2, 0) is 15.6 Å². The van der Waals surface area contributed by atoms with Crippen LogP contribution < -0.4 is 4.72 Å². The quantitative estimate of drug-likeness (QED) is 0.772. The van der Waals surface area contributed by atoms with Crippen LogP contribution in [0.4, 0.5) is 0 Å². The van der Waals surface area contributed by atoms with Crippen LogP contribution >= 0.6 is 23.2 Å². The third kappa shape index (κ3) is 4.16. The van der Waals surface area contributed by atoms with E-state index in [0.717, 1.165) is 25.7 Å². The smallest absolute Gasteiger partial charge is 0.241 e. The maximum Gasteiger partial charge on any atom is 0.241 e. The van der Waals surface area contributed by atoms with Gasteiger partial charge in [0.05, 0.1) is 10.4 Å². The van der Waals surface area contributed by atoms with Crippen molar-refractivity contribution in [2.24, 2.45) is 0 Å². The lowest BCUT2D eigenvalue weighted by Gasteiger charge is -2.30. The normalized spacial score (nSPS) is 18.0. The van der Waals surface area contributed by atoms with Crippen LogP contribution in [0, 0.1) is 6.92 Å². The molecule has 0 unspecified atom stereocenters. The zero-order valence-electron chi connectivity index (χ0n) is 13.8. The lowest BCUT2D eigenvalue weighted by Crippen LogP contribution is -2.46. The molecule has 0 saturated heterocycles. The van der Waals surface area contributed by atoms with Gasteiger partial charge in [0.1, 0.15) is 0 Å². The van der Waals surface area contributed by atoms with Gasteiger partial charge in [-0.05, 0) is 31.0 Å². The van der Waals surface area contributed by atoms with Gasteiger partial charge in [0.25, 0.3) is 0 Å². The van der Waals surface area contributed by atoms with Crippen molar-refractivity contribution < 1.29 is 12.9 Å². The molecule has 0 radical (unpaired) electrons. The van der Waals surface area contributed by atoms with Crippen molar-refractivity contribution in [3.8, 4) is 0 Å². The lowest BCUT2D eigenvalue weighted by atomic mass is 9.91. The molecule has 1 heterocycles. The monoisotopic (exact) mass is 403 g/mol. The molecule has 9 heteroatoms. The van der Waals surface area contributed by atoms with E-state index in [9.17, 15) is 8.42 Å². The number of hydrogen-bond donors (Lipinski definition) is 1. The van der Waals surface area contributed by atoms with E-state index in [1.165, 1.54) is 18.2 Å². The summed E-state index contributed by atoms with van der Waals surface area (Å²) in [6, 6.07) is 4.25. The summed E-state index contributed by atoms with van der Waals surface area (Å²) in [4.78, 5) is 4.33. The summed E-state index contributed by atoms with van der Waals surface area (Å²) in [5, 5.41) is 4.53. The van der Waals surface area contributed by atoms with Crippen molar-refractivity contribution in [3.63, 3.8) is 0 Å². The molecule has 0 amide bonds. The third-order valence-electron chi connectivity index (χ3n) is 4.39. The number of aromatic nitrogens is 2. The van der Waals surface area contributed by atoms with Gasteiger partial charge in [0, 0.05) is 17.0 Å². The number of nitrogens with zero attached hydrogens (tertiary/aromatic N) is 2. The first-order valence-electron chi connectivity index (χ1n) is 8.12. The highest BCUT2D eigenvalue weighted by molar-refractivity contribution is 7.89. The summed E-state index contributed by atoms with van der Waals surface area (Å²) in [7, 11) is -3.86. The number of rotatable bonds is 4. The molecule has 136 valence electrons. The second kappa shape index (κ2) is 7.23. The van der Waals surface area contributed by atoms with Gasteiger partial charge in [0.2, 0.25) is 15.9 Å². The Morgan fingerprint density at radius 2 is 1.68 bits per heavy atom. The largest absolute Gasteiger partial charge is 0.340 e. The van der Waals surface area contributed by atoms with Crippen LogP contribution in [0.5, 0.6) is 0 Å². The Balaban J connectivity index is 2.02. The predicted molar refractivity (Wildman–Crippen MR) is 95.2 cm³/mol. The highest BCUT2D eigenvalue weighted by Crippen LogP contribution is 2.36. The van der Waals surface area contributed by atoms with Crippen LogP contribution in [0.15, 0.2) is 27.6 Å². The molecule has 2 aromatic rings. The fraction of sp³-hybridized carbons (Fsp3) is 0.500. The zero-order valence-corrected chi connectivity index (χ0v) is 16.1. The van der Waals surface area contributed by atoms with Crippen LogP contribution in [0.2, 0.25) is 10.0 Å². The maximum atomic E-state index is 13.0. The Morgan fingerprint density at radius 1 is 1.08 bits per heavy atom. The maximum absolute atomic E-state index is 13.0. The van der Waals surface area contributed by atoms with E-state index in [2.05, 4.69) is 14.9 Å². The van der Waals surface area contributed by atoms with E-state index in [1.807, 2.05) is 0 Å². The van der Waals surface area contributed by atoms with E-state index in [0.29, 0.717) is 24.6 Å². The number of hydrogen-bond acceptors (Lipinski definition) is 5. The second-order valence-electron chi connectivity index (χ2n) is 6.34. The fourth-order valence-corrected chi connectivity index (χ4v) is 5.34. The van der Waals surface area contributed by atoms with Gasteiger partial charge < -0.3 is 4.52 Å². The van der Waals surface area contributed by atoms with E-state index < -0.39 is 15.6 Å². The molecule has 1 aromatic heterocycles. The van der Waals surface area contributed by atoms with Crippen molar-refractivity contribution in [2.45, 2.75) is 55.9 Å². The lowest BCUT2D eigenvalue weighted by molar-refractivity contribution is 0.301. The Bertz CT molecular complexity index is 839. The Labute approximate surface area is 157 Å².